The van der Waals surface area contributed by atoms with Gasteiger partial charge in [0, 0.05) is 18.7 Å². The van der Waals surface area contributed by atoms with E-state index in [1.807, 2.05) is 6.07 Å². The molecule has 1 saturated heterocycles. The first-order valence-electron chi connectivity index (χ1n) is 20.0. The number of methoxy groups -OCH3 is 1. The van der Waals surface area contributed by atoms with Crippen LogP contribution in [0.5, 0.6) is 11.8 Å². The van der Waals surface area contributed by atoms with Gasteiger partial charge in [-0.15, -0.1) is 0 Å². The number of H-pyrrole nitrogens is 1. The van der Waals surface area contributed by atoms with Gasteiger partial charge < -0.3 is 44.8 Å². The number of aliphatic hydroxyl groups excluding tert-OH is 2. The normalized spacial score (nSPS) is 21.4. The first-order valence-corrected chi connectivity index (χ1v) is 21.5. The molecule has 1 aliphatic rings. The number of aromatic amines is 1. The van der Waals surface area contributed by atoms with Gasteiger partial charge in [0.25, 0.3) is 12.2 Å². The molecular formula is C39H64N6O10P+. The Morgan fingerprint density at radius 3 is 2.20 bits per heavy atom. The molecule has 0 radical (unpaired) electrons. The van der Waals surface area contributed by atoms with Gasteiger partial charge >= 0.3 is 7.82 Å². The average Bonchev–Trinajstić information content (AvgIpc) is 3.79. The summed E-state index contributed by atoms with van der Waals surface area (Å²) in [5, 5.41) is 36.9. The molecule has 2 aromatic heterocycles. The van der Waals surface area contributed by atoms with E-state index < -0.39 is 51.1 Å². The van der Waals surface area contributed by atoms with Gasteiger partial charge in [0.2, 0.25) is 17.4 Å². The Balaban J connectivity index is 1.41. The van der Waals surface area contributed by atoms with E-state index in [0.717, 1.165) is 25.6 Å². The second kappa shape index (κ2) is 25.8. The number of ether oxygens (including phenoxy) is 4. The number of phosphoric ester groups is 1. The second-order valence-electron chi connectivity index (χ2n) is 14.1. The first kappa shape index (κ1) is 47.0. The second-order valence-corrected chi connectivity index (χ2v) is 15.5. The lowest BCUT2D eigenvalue weighted by Crippen LogP contribution is -2.40. The standard InChI is InChI=1S/C39H63N6O10P/c1-3-4-5-6-7-8-9-10-11-12-13-14-15-16-17-18-24-51-25-30(54-35-21-19-20-34(45-35)50-2)26-52-56(48,49)53-27-32-36(46)37(47)39(28-40,55-32)33-23-22-31(44-33)38(42)43-29-41/h19-23,29-30,32,36-37,44,46-47H,3-18,24-27H2,1-2H3,(H,48,49)(H3,41,42,43)/p+1/t30-,32-,36-,37-,39+/m1/s1. The number of nitrogens with zero attached hydrogens (tertiary/aromatic N) is 3. The van der Waals surface area contributed by atoms with Gasteiger partial charge in [-0.05, 0) is 23.5 Å². The van der Waals surface area contributed by atoms with Crippen LogP contribution in [0.1, 0.15) is 121 Å². The summed E-state index contributed by atoms with van der Waals surface area (Å²) < 4.78 is 46.1. The topological polar surface area (TPSA) is 250 Å². The number of nitriles is 1. The molecule has 6 atom stereocenters. The third-order valence-corrected chi connectivity index (χ3v) is 10.6. The van der Waals surface area contributed by atoms with Crippen LogP contribution < -0.4 is 20.6 Å². The van der Waals surface area contributed by atoms with E-state index in [2.05, 4.69) is 21.9 Å². The number of rotatable bonds is 31. The predicted molar refractivity (Wildman–Crippen MR) is 211 cm³/mol. The molecule has 0 saturated carbocycles. The fraction of sp³-hybridized carbons (Fsp3) is 0.692. The Kier molecular flexibility index (Phi) is 21.6. The molecule has 1 aliphatic heterocycles. The SMILES string of the molecule is CCCCCCCCCCCCCCCCCCOC[C@H](COP(=O)(O)OC[C@H]1O[C@@](C#N)(c2ccc(C(N)=NC=[NH2+])[nH]2)[C@H](O)[C@@H]1O)Oc1cccc(OC)n1. The zero-order valence-corrected chi connectivity index (χ0v) is 34.0. The number of hydrogen-bond donors (Lipinski definition) is 6. The number of nitrogens with one attached hydrogen (secondary N) is 1. The Morgan fingerprint density at radius 2 is 1.61 bits per heavy atom. The quantitative estimate of drug-likeness (QED) is 0.0264. The molecule has 8 N–H and O–H groups in total. The van der Waals surface area contributed by atoms with Crippen LogP contribution in [0.25, 0.3) is 0 Å². The monoisotopic (exact) mass is 807 g/mol. The highest BCUT2D eigenvalue weighted by atomic mass is 31.2. The zero-order valence-electron chi connectivity index (χ0n) is 33.1. The molecule has 1 fully saturated rings. The van der Waals surface area contributed by atoms with E-state index in [1.165, 1.54) is 103 Å². The van der Waals surface area contributed by atoms with Gasteiger partial charge in [0.15, 0.2) is 0 Å². The average molecular weight is 808 g/mol. The highest BCUT2D eigenvalue weighted by molar-refractivity contribution is 7.47. The maximum atomic E-state index is 13.0. The molecule has 1 unspecified atom stereocenters. The lowest BCUT2D eigenvalue weighted by Gasteiger charge is -2.23. The number of nitrogens with two attached hydrogens (primary N) is 2. The number of pyridine rings is 1. The van der Waals surface area contributed by atoms with E-state index in [4.69, 9.17) is 39.1 Å². The number of aliphatic imine (C=N–C) groups is 1. The summed E-state index contributed by atoms with van der Waals surface area (Å²) in [6.45, 7) is 1.65. The van der Waals surface area contributed by atoms with Gasteiger partial charge in [-0.3, -0.25) is 14.5 Å². The molecule has 16 nitrogen and oxygen atoms in total. The molecule has 2 aromatic rings. The van der Waals surface area contributed by atoms with Gasteiger partial charge in [0.05, 0.1) is 32.6 Å². The number of aliphatic hydroxyl groups is 2. The van der Waals surface area contributed by atoms with Crippen molar-refractivity contribution in [2.75, 3.05) is 33.5 Å². The van der Waals surface area contributed by atoms with Crippen LogP contribution >= 0.6 is 7.82 Å². The molecule has 3 rings (SSSR count). The molecule has 0 aromatic carbocycles. The van der Waals surface area contributed by atoms with Gasteiger partial charge in [-0.1, -0.05) is 109 Å². The van der Waals surface area contributed by atoms with Crippen molar-refractivity contribution >= 4 is 20.0 Å². The van der Waals surface area contributed by atoms with Crippen molar-refractivity contribution in [1.29, 1.82) is 5.26 Å². The van der Waals surface area contributed by atoms with Crippen molar-refractivity contribution in [1.82, 2.24) is 9.97 Å². The van der Waals surface area contributed by atoms with E-state index in [9.17, 15) is 24.9 Å². The van der Waals surface area contributed by atoms with Crippen LogP contribution in [-0.4, -0.2) is 95.2 Å². The predicted octanol–water partition coefficient (Wildman–Crippen LogP) is 4.61. The van der Waals surface area contributed by atoms with E-state index in [1.54, 1.807) is 18.2 Å². The lowest BCUT2D eigenvalue weighted by atomic mass is 9.93. The van der Waals surface area contributed by atoms with Crippen molar-refractivity contribution in [2.45, 2.75) is 140 Å². The summed E-state index contributed by atoms with van der Waals surface area (Å²) >= 11 is 0. The summed E-state index contributed by atoms with van der Waals surface area (Å²) in [5.41, 5.74) is 4.10. The molecule has 17 heteroatoms. The van der Waals surface area contributed by atoms with Crippen molar-refractivity contribution in [3.05, 3.63) is 41.7 Å². The summed E-state index contributed by atoms with van der Waals surface area (Å²) in [4.78, 5) is 21.4. The van der Waals surface area contributed by atoms with Crippen molar-refractivity contribution in [3.63, 3.8) is 0 Å². The lowest BCUT2D eigenvalue weighted by molar-refractivity contribution is -0.106. The summed E-state index contributed by atoms with van der Waals surface area (Å²) in [7, 11) is -3.30. The van der Waals surface area contributed by atoms with E-state index in [0.29, 0.717) is 12.5 Å². The fourth-order valence-corrected chi connectivity index (χ4v) is 7.22. The highest BCUT2D eigenvalue weighted by Gasteiger charge is 2.57. The summed E-state index contributed by atoms with van der Waals surface area (Å²) in [5.74, 6) is 0.524. The molecule has 3 heterocycles. The molecular weight excluding hydrogens is 743 g/mol. The van der Waals surface area contributed by atoms with E-state index in [-0.39, 0.29) is 29.7 Å². The van der Waals surface area contributed by atoms with Gasteiger partial charge in [-0.25, -0.2) is 4.57 Å². The molecule has 0 aliphatic carbocycles. The Morgan fingerprint density at radius 1 is 1.00 bits per heavy atom. The smallest absolute Gasteiger partial charge is 0.472 e. The Labute approximate surface area is 331 Å². The molecule has 0 bridgehead atoms. The van der Waals surface area contributed by atoms with Crippen molar-refractivity contribution < 1.29 is 53.1 Å². The maximum Gasteiger partial charge on any atom is 0.472 e. The highest BCUT2D eigenvalue weighted by Crippen LogP contribution is 2.46. The minimum atomic E-state index is -4.77. The molecule has 0 spiro atoms. The zero-order chi connectivity index (χ0) is 40.7. The molecule has 56 heavy (non-hydrogen) atoms. The molecule has 314 valence electrons. The van der Waals surface area contributed by atoms with Gasteiger partial charge in [0.1, 0.15) is 36.2 Å². The fourth-order valence-electron chi connectivity index (χ4n) is 6.45. The van der Waals surface area contributed by atoms with Crippen molar-refractivity contribution in [2.24, 2.45) is 10.7 Å². The number of amidine groups is 1. The minimum Gasteiger partial charge on any atom is -0.481 e. The minimum absolute atomic E-state index is 0.00760. The van der Waals surface area contributed by atoms with Crippen molar-refractivity contribution in [3.8, 4) is 17.8 Å². The van der Waals surface area contributed by atoms with Crippen LogP contribution in [0.15, 0.2) is 35.3 Å². The van der Waals surface area contributed by atoms with Crippen LogP contribution in [-0.2, 0) is 28.7 Å². The maximum absolute atomic E-state index is 13.0. The van der Waals surface area contributed by atoms with Gasteiger partial charge in [-0.2, -0.15) is 10.2 Å². The largest absolute Gasteiger partial charge is 0.481 e. The number of aromatic nitrogens is 2. The summed E-state index contributed by atoms with van der Waals surface area (Å²) in [6, 6.07) is 9.74. The van der Waals surface area contributed by atoms with Crippen LogP contribution in [0.3, 0.4) is 0 Å². The third-order valence-electron chi connectivity index (χ3n) is 9.67. The van der Waals surface area contributed by atoms with Crippen LogP contribution in [0.4, 0.5) is 0 Å². The van der Waals surface area contributed by atoms with Crippen LogP contribution in [0.2, 0.25) is 0 Å². The summed E-state index contributed by atoms with van der Waals surface area (Å²) in [6.07, 6.45) is 15.7. The third kappa shape index (κ3) is 15.9. The number of phosphoric acid groups is 1. The first-order chi connectivity index (χ1) is 27.1. The number of hydrogen-bond acceptors (Lipinski definition) is 11. The number of unbranched alkanes of at least 4 members (excludes halogenated alkanes) is 15. The van der Waals surface area contributed by atoms with E-state index >= 15 is 0 Å². The van der Waals surface area contributed by atoms with Crippen LogP contribution in [0, 0.1) is 11.3 Å². The Hall–Kier alpha value is -3.39. The Bertz CT molecular complexity index is 1540. The molecule has 0 amide bonds.